The molecular weight excluding hydrogens is 311 g/mol. The fourth-order valence-corrected chi connectivity index (χ4v) is 3.81. The van der Waals surface area contributed by atoms with Crippen molar-refractivity contribution in [2.24, 2.45) is 0 Å². The number of halogens is 1. The van der Waals surface area contributed by atoms with Crippen LogP contribution in [0.5, 0.6) is 0 Å². The van der Waals surface area contributed by atoms with E-state index >= 15 is 0 Å². The molecule has 3 rings (SSSR count). The Morgan fingerprint density at radius 3 is 3.00 bits per heavy atom. The van der Waals surface area contributed by atoms with Gasteiger partial charge in [-0.1, -0.05) is 23.5 Å². The van der Waals surface area contributed by atoms with Gasteiger partial charge in [0.05, 0.1) is 16.1 Å². The Balaban J connectivity index is 1.93. The van der Waals surface area contributed by atoms with Gasteiger partial charge in [-0.3, -0.25) is 4.98 Å². The van der Waals surface area contributed by atoms with E-state index in [2.05, 4.69) is 21.1 Å². The first-order valence-corrected chi connectivity index (χ1v) is 7.34. The van der Waals surface area contributed by atoms with Crippen LogP contribution in [0.3, 0.4) is 0 Å². The molecule has 2 aromatic rings. The third-order valence-corrected chi connectivity index (χ3v) is 4.88. The van der Waals surface area contributed by atoms with Crippen LogP contribution in [0.25, 0.3) is 10.6 Å². The summed E-state index contributed by atoms with van der Waals surface area (Å²) < 4.78 is 15.9. The van der Waals surface area contributed by atoms with E-state index in [1.165, 1.54) is 53.1 Å². The Kier molecular flexibility index (Phi) is 3.64. The van der Waals surface area contributed by atoms with E-state index in [1.807, 2.05) is 0 Å². The van der Waals surface area contributed by atoms with Gasteiger partial charge in [-0.25, -0.2) is 14.1 Å². The van der Waals surface area contributed by atoms with Gasteiger partial charge in [-0.05, 0) is 5.41 Å². The molecule has 2 aromatic heterocycles. The van der Waals surface area contributed by atoms with Gasteiger partial charge in [0.1, 0.15) is 24.4 Å². The Labute approximate surface area is 127 Å². The summed E-state index contributed by atoms with van der Waals surface area (Å²) in [5, 5.41) is 14.9. The second-order valence-corrected chi connectivity index (χ2v) is 6.08. The fourth-order valence-electron chi connectivity index (χ4n) is 1.61. The van der Waals surface area contributed by atoms with Crippen molar-refractivity contribution in [3.05, 3.63) is 46.1 Å². The summed E-state index contributed by atoms with van der Waals surface area (Å²) in [4.78, 5) is 8.43. The van der Waals surface area contributed by atoms with E-state index in [9.17, 15) is 9.65 Å². The van der Waals surface area contributed by atoms with E-state index < -0.39 is 5.82 Å². The number of rotatable bonds is 2. The molecule has 1 aliphatic heterocycles. The minimum atomic E-state index is -0.491. The first kappa shape index (κ1) is 13.7. The van der Waals surface area contributed by atoms with E-state index in [0.717, 1.165) is 0 Å². The molecule has 0 aliphatic carbocycles. The molecule has 0 aromatic carbocycles. The number of nitrogen functional groups attached to an aromatic ring is 1. The SMILES string of the molecule is N#C/C(=C1/SC=C(c2ncc(N)cc2F)S1)n1cncn1. The average Bonchev–Trinajstić information content (AvgIpc) is 3.12. The maximum atomic E-state index is 13.9. The van der Waals surface area contributed by atoms with Crippen molar-refractivity contribution in [3.8, 4) is 6.07 Å². The largest absolute Gasteiger partial charge is 0.397 e. The minimum absolute atomic E-state index is 0.215. The van der Waals surface area contributed by atoms with Crippen molar-refractivity contribution in [1.29, 1.82) is 5.26 Å². The molecule has 0 amide bonds. The lowest BCUT2D eigenvalue weighted by Gasteiger charge is -2.04. The van der Waals surface area contributed by atoms with Crippen LogP contribution in [0.15, 0.2) is 34.6 Å². The van der Waals surface area contributed by atoms with Crippen LogP contribution in [0, 0.1) is 17.1 Å². The van der Waals surface area contributed by atoms with Crippen LogP contribution < -0.4 is 5.73 Å². The van der Waals surface area contributed by atoms with Crippen molar-refractivity contribution in [2.75, 3.05) is 5.73 Å². The fraction of sp³-hybridized carbons (Fsp3) is 0. The molecule has 0 radical (unpaired) electrons. The molecule has 9 heteroatoms. The Bertz CT molecular complexity index is 791. The summed E-state index contributed by atoms with van der Waals surface area (Å²) in [5.74, 6) is -0.491. The Morgan fingerprint density at radius 2 is 2.33 bits per heavy atom. The summed E-state index contributed by atoms with van der Waals surface area (Å²) in [5.41, 5.74) is 6.30. The molecule has 0 atom stereocenters. The number of hydrogen-bond donors (Lipinski definition) is 1. The number of nitrogens with two attached hydrogens (primary N) is 1. The summed E-state index contributed by atoms with van der Waals surface area (Å²) in [6.07, 6.45) is 4.18. The van der Waals surface area contributed by atoms with Gasteiger partial charge in [0, 0.05) is 11.0 Å². The molecule has 1 aliphatic rings. The highest BCUT2D eigenvalue weighted by Gasteiger charge is 2.22. The maximum Gasteiger partial charge on any atom is 0.164 e. The zero-order chi connectivity index (χ0) is 14.8. The van der Waals surface area contributed by atoms with E-state index in [0.29, 0.717) is 14.8 Å². The van der Waals surface area contributed by atoms with E-state index in [4.69, 9.17) is 5.73 Å². The quantitative estimate of drug-likeness (QED) is 0.850. The number of nitrogens with zero attached hydrogens (tertiary/aromatic N) is 5. The molecule has 104 valence electrons. The predicted molar refractivity (Wildman–Crippen MR) is 80.6 cm³/mol. The highest BCUT2D eigenvalue weighted by molar-refractivity contribution is 8.31. The average molecular weight is 318 g/mol. The molecule has 6 nitrogen and oxygen atoms in total. The van der Waals surface area contributed by atoms with Gasteiger partial charge >= 0.3 is 0 Å². The number of hydrogen-bond acceptors (Lipinski definition) is 7. The molecule has 3 heterocycles. The molecule has 0 spiro atoms. The Hall–Kier alpha value is -2.31. The smallest absolute Gasteiger partial charge is 0.164 e. The number of nitriles is 1. The van der Waals surface area contributed by atoms with Gasteiger partial charge in [0.25, 0.3) is 0 Å². The summed E-state index contributed by atoms with van der Waals surface area (Å²) in [6.45, 7) is 0. The number of allylic oxidation sites excluding steroid dienone is 1. The molecule has 0 saturated heterocycles. The van der Waals surface area contributed by atoms with Crippen molar-refractivity contribution >= 4 is 39.8 Å². The topological polar surface area (TPSA) is 93.4 Å². The summed E-state index contributed by atoms with van der Waals surface area (Å²) in [6, 6.07) is 3.29. The third-order valence-electron chi connectivity index (χ3n) is 2.52. The first-order chi connectivity index (χ1) is 10.2. The third kappa shape index (κ3) is 2.63. The first-order valence-electron chi connectivity index (χ1n) is 5.64. The molecule has 0 fully saturated rings. The molecule has 2 N–H and O–H groups in total. The Morgan fingerprint density at radius 1 is 1.48 bits per heavy atom. The molecular formula is C12H7FN6S2. The van der Waals surface area contributed by atoms with E-state index in [1.54, 1.807) is 5.41 Å². The highest BCUT2D eigenvalue weighted by Crippen LogP contribution is 2.50. The predicted octanol–water partition coefficient (Wildman–Crippen LogP) is 2.52. The highest BCUT2D eigenvalue weighted by atomic mass is 32.2. The van der Waals surface area contributed by atoms with Crippen molar-refractivity contribution in [3.63, 3.8) is 0 Å². The lowest BCUT2D eigenvalue weighted by Crippen LogP contribution is -1.97. The molecule has 21 heavy (non-hydrogen) atoms. The number of pyridine rings is 1. The molecule has 0 saturated carbocycles. The zero-order valence-corrected chi connectivity index (χ0v) is 12.0. The van der Waals surface area contributed by atoms with Gasteiger partial charge in [0.2, 0.25) is 0 Å². The number of aromatic nitrogens is 4. The van der Waals surface area contributed by atoms with Crippen LogP contribution in [0.2, 0.25) is 0 Å². The van der Waals surface area contributed by atoms with Gasteiger partial charge in [0.15, 0.2) is 11.5 Å². The monoisotopic (exact) mass is 318 g/mol. The molecule has 0 unspecified atom stereocenters. The van der Waals surface area contributed by atoms with Gasteiger partial charge in [-0.2, -0.15) is 10.4 Å². The zero-order valence-electron chi connectivity index (χ0n) is 10.4. The minimum Gasteiger partial charge on any atom is -0.397 e. The number of anilines is 1. The number of thioether (sulfide) groups is 2. The van der Waals surface area contributed by atoms with Crippen molar-refractivity contribution < 1.29 is 4.39 Å². The van der Waals surface area contributed by atoms with E-state index in [-0.39, 0.29) is 11.4 Å². The van der Waals surface area contributed by atoms with Crippen molar-refractivity contribution in [2.45, 2.75) is 0 Å². The van der Waals surface area contributed by atoms with Crippen LogP contribution in [-0.2, 0) is 0 Å². The van der Waals surface area contributed by atoms with Crippen LogP contribution in [-0.4, -0.2) is 19.7 Å². The summed E-state index contributed by atoms with van der Waals surface area (Å²) >= 11 is 2.58. The maximum absolute atomic E-state index is 13.9. The standard InChI is InChI=1S/C12H7FN6S2/c13-8-1-7(15)3-17-11(8)10-4-20-12(21-10)9(2-14)19-6-16-5-18-19/h1,3-6H,15H2/b12-9+. The van der Waals surface area contributed by atoms with Crippen molar-refractivity contribution in [1.82, 2.24) is 19.7 Å². The second kappa shape index (κ2) is 5.59. The van der Waals surface area contributed by atoms with Gasteiger partial charge < -0.3 is 5.73 Å². The van der Waals surface area contributed by atoms with Gasteiger partial charge in [-0.15, -0.1) is 0 Å². The second-order valence-electron chi connectivity index (χ2n) is 3.89. The normalized spacial score (nSPS) is 16.5. The summed E-state index contributed by atoms with van der Waals surface area (Å²) in [7, 11) is 0. The lowest BCUT2D eigenvalue weighted by molar-refractivity contribution is 0.618. The lowest BCUT2D eigenvalue weighted by atomic mass is 10.3. The van der Waals surface area contributed by atoms with Crippen LogP contribution >= 0.6 is 23.5 Å². The van der Waals surface area contributed by atoms with Crippen LogP contribution in [0.1, 0.15) is 5.69 Å². The molecule has 0 bridgehead atoms. The van der Waals surface area contributed by atoms with Crippen LogP contribution in [0.4, 0.5) is 10.1 Å².